The molecule has 3 rings (SSSR count). The van der Waals surface area contributed by atoms with Crippen molar-refractivity contribution in [1.29, 1.82) is 0 Å². The third-order valence-electron chi connectivity index (χ3n) is 3.73. The maximum Gasteiger partial charge on any atom is 0.405 e. The molecule has 10 heteroatoms. The highest BCUT2D eigenvalue weighted by Gasteiger charge is 2.27. The molecular formula is C17H11ClF4N2O2S. The van der Waals surface area contributed by atoms with Gasteiger partial charge in [0.15, 0.2) is 0 Å². The van der Waals surface area contributed by atoms with Gasteiger partial charge in [-0.2, -0.15) is 13.2 Å². The fraction of sp³-hybridized carbons (Fsp3) is 0.176. The van der Waals surface area contributed by atoms with Crippen LogP contribution in [0.25, 0.3) is 21.2 Å². The second-order valence-corrected chi connectivity index (χ2v) is 6.98. The van der Waals surface area contributed by atoms with Gasteiger partial charge in [-0.05, 0) is 23.8 Å². The molecule has 0 radical (unpaired) electrons. The molecule has 27 heavy (non-hydrogen) atoms. The summed E-state index contributed by atoms with van der Waals surface area (Å²) in [6.45, 7) is -2.02. The van der Waals surface area contributed by atoms with Gasteiger partial charge < -0.3 is 9.88 Å². The second kappa shape index (κ2) is 7.32. The fourth-order valence-corrected chi connectivity index (χ4v) is 3.63. The lowest BCUT2D eigenvalue weighted by atomic mass is 10.1. The Labute approximate surface area is 159 Å². The van der Waals surface area contributed by atoms with E-state index >= 15 is 0 Å². The van der Waals surface area contributed by atoms with Crippen LogP contribution in [-0.4, -0.2) is 23.2 Å². The number of aromatic nitrogens is 1. The van der Waals surface area contributed by atoms with Gasteiger partial charge in [-0.3, -0.25) is 9.59 Å². The molecule has 0 atom stereocenters. The topological polar surface area (TPSA) is 51.1 Å². The van der Waals surface area contributed by atoms with E-state index in [-0.39, 0.29) is 10.4 Å². The van der Waals surface area contributed by atoms with Crippen LogP contribution in [0.15, 0.2) is 40.6 Å². The van der Waals surface area contributed by atoms with Crippen LogP contribution in [0.3, 0.4) is 0 Å². The average molecular weight is 419 g/mol. The van der Waals surface area contributed by atoms with Gasteiger partial charge in [0.1, 0.15) is 18.9 Å². The molecule has 0 bridgehead atoms. The van der Waals surface area contributed by atoms with Crippen LogP contribution in [0.1, 0.15) is 0 Å². The summed E-state index contributed by atoms with van der Waals surface area (Å²) in [7, 11) is 0. The minimum atomic E-state index is -4.53. The molecule has 0 unspecified atom stereocenters. The molecule has 1 amide bonds. The molecule has 0 fully saturated rings. The average Bonchev–Trinajstić information content (AvgIpc) is 3.02. The van der Waals surface area contributed by atoms with Gasteiger partial charge in [0, 0.05) is 21.8 Å². The van der Waals surface area contributed by atoms with E-state index in [1.165, 1.54) is 35.7 Å². The number of amides is 1. The number of benzene rings is 1. The molecule has 142 valence electrons. The molecule has 1 aromatic carbocycles. The van der Waals surface area contributed by atoms with Crippen molar-refractivity contribution in [2.75, 3.05) is 6.54 Å². The van der Waals surface area contributed by atoms with Crippen molar-refractivity contribution in [3.05, 3.63) is 57.0 Å². The number of fused-ring (bicyclic) bond motifs is 1. The van der Waals surface area contributed by atoms with Crippen LogP contribution in [-0.2, 0) is 11.3 Å². The Kier molecular flexibility index (Phi) is 5.25. The monoisotopic (exact) mass is 418 g/mol. The van der Waals surface area contributed by atoms with E-state index in [9.17, 15) is 27.2 Å². The van der Waals surface area contributed by atoms with Gasteiger partial charge in [0.05, 0.1) is 10.4 Å². The first-order valence-corrected chi connectivity index (χ1v) is 8.81. The van der Waals surface area contributed by atoms with Crippen molar-refractivity contribution in [2.24, 2.45) is 0 Å². The third-order valence-corrected chi connectivity index (χ3v) is 4.97. The zero-order chi connectivity index (χ0) is 19.8. The quantitative estimate of drug-likeness (QED) is 0.646. The van der Waals surface area contributed by atoms with Gasteiger partial charge in [-0.25, -0.2) is 4.39 Å². The van der Waals surface area contributed by atoms with E-state index in [2.05, 4.69) is 0 Å². The van der Waals surface area contributed by atoms with Crippen LogP contribution >= 0.6 is 22.9 Å². The van der Waals surface area contributed by atoms with Crippen LogP contribution in [0.2, 0.25) is 5.02 Å². The number of halogens is 5. The SMILES string of the molecule is O=C(Cn1ccc2scc(-c3ccc(F)c(Cl)c3)c2c1=O)NCC(F)(F)F. The summed E-state index contributed by atoms with van der Waals surface area (Å²) in [5, 5.41) is 3.60. The number of thiophene rings is 1. The Morgan fingerprint density at radius 3 is 2.67 bits per heavy atom. The number of hydrogen-bond acceptors (Lipinski definition) is 3. The Bertz CT molecular complexity index is 1070. The van der Waals surface area contributed by atoms with Gasteiger partial charge >= 0.3 is 6.18 Å². The minimum Gasteiger partial charge on any atom is -0.345 e. The molecule has 0 aliphatic rings. The van der Waals surface area contributed by atoms with Gasteiger partial charge in [-0.1, -0.05) is 17.7 Å². The van der Waals surface area contributed by atoms with E-state index in [0.29, 0.717) is 15.8 Å². The fourth-order valence-electron chi connectivity index (χ4n) is 2.50. The smallest absolute Gasteiger partial charge is 0.345 e. The molecule has 1 N–H and O–H groups in total. The lowest BCUT2D eigenvalue weighted by Gasteiger charge is -2.10. The Morgan fingerprint density at radius 2 is 2.00 bits per heavy atom. The van der Waals surface area contributed by atoms with E-state index < -0.39 is 36.5 Å². The molecule has 0 aliphatic carbocycles. The van der Waals surface area contributed by atoms with E-state index in [4.69, 9.17) is 11.6 Å². The zero-order valence-corrected chi connectivity index (χ0v) is 15.0. The standard InChI is InChI=1S/C17H11ClF4N2O2S/c18-11-5-9(1-2-12(11)19)10-7-27-13-3-4-24(16(26)15(10)13)6-14(25)23-8-17(20,21)22/h1-5,7H,6,8H2,(H,23,25). The Balaban J connectivity index is 1.96. The Hall–Kier alpha value is -2.39. The first-order valence-electron chi connectivity index (χ1n) is 7.55. The highest BCUT2D eigenvalue weighted by atomic mass is 35.5. The summed E-state index contributed by atoms with van der Waals surface area (Å²) in [5.74, 6) is -1.53. The first kappa shape index (κ1) is 19.4. The number of nitrogens with one attached hydrogen (secondary N) is 1. The van der Waals surface area contributed by atoms with Crippen LogP contribution in [0, 0.1) is 5.82 Å². The molecule has 0 saturated carbocycles. The summed E-state index contributed by atoms with van der Waals surface area (Å²) in [6, 6.07) is 5.61. The maximum atomic E-state index is 13.4. The van der Waals surface area contributed by atoms with Crippen molar-refractivity contribution in [3.8, 4) is 11.1 Å². The predicted molar refractivity (Wildman–Crippen MR) is 95.6 cm³/mol. The van der Waals surface area contributed by atoms with Crippen LogP contribution < -0.4 is 10.9 Å². The maximum absolute atomic E-state index is 13.4. The molecule has 2 aromatic heterocycles. The number of hydrogen-bond donors (Lipinski definition) is 1. The molecular weight excluding hydrogens is 408 g/mol. The van der Waals surface area contributed by atoms with Crippen molar-refractivity contribution in [3.63, 3.8) is 0 Å². The molecule has 0 saturated heterocycles. The van der Waals surface area contributed by atoms with E-state index in [0.717, 1.165) is 4.57 Å². The first-order chi connectivity index (χ1) is 12.7. The zero-order valence-electron chi connectivity index (χ0n) is 13.4. The summed E-state index contributed by atoms with van der Waals surface area (Å²) in [6.07, 6.45) is -3.19. The van der Waals surface area contributed by atoms with Gasteiger partial charge in [0.25, 0.3) is 5.56 Å². The van der Waals surface area contributed by atoms with Crippen molar-refractivity contribution in [1.82, 2.24) is 9.88 Å². The number of pyridine rings is 1. The Morgan fingerprint density at radius 1 is 1.26 bits per heavy atom. The summed E-state index contributed by atoms with van der Waals surface area (Å²) < 4.78 is 51.6. The number of alkyl halides is 3. The van der Waals surface area contributed by atoms with Gasteiger partial charge in [-0.15, -0.1) is 11.3 Å². The normalized spacial score (nSPS) is 11.7. The van der Waals surface area contributed by atoms with Crippen LogP contribution in [0.5, 0.6) is 0 Å². The number of carbonyl (C=O) groups is 1. The highest BCUT2D eigenvalue weighted by Crippen LogP contribution is 2.33. The van der Waals surface area contributed by atoms with E-state index in [1.807, 2.05) is 0 Å². The van der Waals surface area contributed by atoms with Crippen molar-refractivity contribution in [2.45, 2.75) is 12.7 Å². The molecule has 2 heterocycles. The number of nitrogens with zero attached hydrogens (tertiary/aromatic N) is 1. The summed E-state index contributed by atoms with van der Waals surface area (Å²) >= 11 is 7.07. The largest absolute Gasteiger partial charge is 0.405 e. The number of rotatable bonds is 4. The predicted octanol–water partition coefficient (Wildman–Crippen LogP) is 4.20. The molecule has 3 aromatic rings. The second-order valence-electron chi connectivity index (χ2n) is 5.66. The lowest BCUT2D eigenvalue weighted by Crippen LogP contribution is -2.37. The summed E-state index contributed by atoms with van der Waals surface area (Å²) in [4.78, 5) is 24.4. The third kappa shape index (κ3) is 4.30. The summed E-state index contributed by atoms with van der Waals surface area (Å²) in [5.41, 5.74) is 0.488. The number of carbonyl (C=O) groups excluding carboxylic acids is 1. The molecule has 4 nitrogen and oxygen atoms in total. The molecule has 0 aliphatic heterocycles. The van der Waals surface area contributed by atoms with Crippen molar-refractivity contribution >= 4 is 38.9 Å². The van der Waals surface area contributed by atoms with Crippen molar-refractivity contribution < 1.29 is 22.4 Å². The van der Waals surface area contributed by atoms with Crippen LogP contribution in [0.4, 0.5) is 17.6 Å². The van der Waals surface area contributed by atoms with E-state index in [1.54, 1.807) is 16.8 Å². The van der Waals surface area contributed by atoms with Gasteiger partial charge in [0.2, 0.25) is 5.91 Å². The lowest BCUT2D eigenvalue weighted by molar-refractivity contribution is -0.138. The minimum absolute atomic E-state index is 0.102. The highest BCUT2D eigenvalue weighted by molar-refractivity contribution is 7.17. The molecule has 0 spiro atoms.